The fourth-order valence-electron chi connectivity index (χ4n) is 1.59. The summed E-state index contributed by atoms with van der Waals surface area (Å²) in [6.45, 7) is 7.59. The van der Waals surface area contributed by atoms with E-state index < -0.39 is 0 Å². The first kappa shape index (κ1) is 9.01. The van der Waals surface area contributed by atoms with Gasteiger partial charge in [0.1, 0.15) is 0 Å². The van der Waals surface area contributed by atoms with Crippen molar-refractivity contribution in [2.45, 2.75) is 26.3 Å². The van der Waals surface area contributed by atoms with Crippen LogP contribution < -0.4 is 0 Å². The third kappa shape index (κ3) is 2.80. The van der Waals surface area contributed by atoms with Gasteiger partial charge in [-0.1, -0.05) is 13.8 Å². The highest BCUT2D eigenvalue weighted by molar-refractivity contribution is 4.73. The van der Waals surface area contributed by atoms with Gasteiger partial charge in [0.25, 0.3) is 0 Å². The molecule has 0 aromatic carbocycles. The molecule has 0 unspecified atom stereocenters. The van der Waals surface area contributed by atoms with Gasteiger partial charge in [-0.25, -0.2) is 0 Å². The molecule has 0 bridgehead atoms. The second kappa shape index (κ2) is 4.07. The zero-order chi connectivity index (χ0) is 8.27. The maximum absolute atomic E-state index is 5.32. The van der Waals surface area contributed by atoms with Gasteiger partial charge < -0.3 is 9.64 Å². The van der Waals surface area contributed by atoms with E-state index in [1.807, 2.05) is 0 Å². The molecule has 0 N–H and O–H groups in total. The Kier molecular flexibility index (Phi) is 3.34. The summed E-state index contributed by atoms with van der Waals surface area (Å²) in [5, 5.41) is 0. The van der Waals surface area contributed by atoms with Gasteiger partial charge in [0, 0.05) is 19.2 Å². The van der Waals surface area contributed by atoms with Crippen LogP contribution in [0.2, 0.25) is 0 Å². The zero-order valence-electron chi connectivity index (χ0n) is 7.84. The Morgan fingerprint density at radius 3 is 2.73 bits per heavy atom. The second-order valence-electron chi connectivity index (χ2n) is 3.85. The number of rotatable bonds is 3. The first-order valence-corrected chi connectivity index (χ1v) is 4.48. The molecule has 11 heavy (non-hydrogen) atoms. The van der Waals surface area contributed by atoms with Crippen LogP contribution in [0.5, 0.6) is 0 Å². The Labute approximate surface area is 69.5 Å². The van der Waals surface area contributed by atoms with Crippen molar-refractivity contribution >= 4 is 0 Å². The summed E-state index contributed by atoms with van der Waals surface area (Å²) in [5.41, 5.74) is 0. The fourth-order valence-corrected chi connectivity index (χ4v) is 1.59. The van der Waals surface area contributed by atoms with Gasteiger partial charge in [0.15, 0.2) is 0 Å². The lowest BCUT2D eigenvalue weighted by molar-refractivity contribution is 0.152. The van der Waals surface area contributed by atoms with E-state index in [9.17, 15) is 0 Å². The topological polar surface area (TPSA) is 12.5 Å². The molecule has 1 heterocycles. The van der Waals surface area contributed by atoms with Gasteiger partial charge in [-0.15, -0.1) is 0 Å². The summed E-state index contributed by atoms with van der Waals surface area (Å²) >= 11 is 0. The van der Waals surface area contributed by atoms with Crippen LogP contribution in [0.25, 0.3) is 0 Å². The minimum atomic E-state index is 0.678. The molecule has 1 aliphatic rings. The van der Waals surface area contributed by atoms with E-state index in [0.29, 0.717) is 6.04 Å². The van der Waals surface area contributed by atoms with E-state index in [1.54, 1.807) is 0 Å². The van der Waals surface area contributed by atoms with Gasteiger partial charge in [0.2, 0.25) is 0 Å². The molecule has 0 saturated carbocycles. The number of nitrogens with zero attached hydrogens (tertiary/aromatic N) is 1. The van der Waals surface area contributed by atoms with Crippen LogP contribution in [-0.4, -0.2) is 37.7 Å². The molecule has 0 aromatic heterocycles. The van der Waals surface area contributed by atoms with Crippen molar-refractivity contribution in [3.8, 4) is 0 Å². The average Bonchev–Trinajstić information content (AvgIpc) is 2.35. The number of ether oxygens (including phenoxy) is 1. The number of hydrogen-bond donors (Lipinski definition) is 0. The highest BCUT2D eigenvalue weighted by atomic mass is 16.5. The van der Waals surface area contributed by atoms with Crippen molar-refractivity contribution in [2.24, 2.45) is 5.92 Å². The Bertz CT molecular complexity index is 108. The van der Waals surface area contributed by atoms with E-state index in [2.05, 4.69) is 25.8 Å². The molecule has 66 valence electrons. The Hall–Kier alpha value is -0.0800. The van der Waals surface area contributed by atoms with Crippen LogP contribution >= 0.6 is 0 Å². The summed E-state index contributed by atoms with van der Waals surface area (Å²) in [4.78, 5) is 2.41. The smallest absolute Gasteiger partial charge is 0.0622 e. The highest BCUT2D eigenvalue weighted by Crippen LogP contribution is 2.11. The standard InChI is InChI=1S/C9H19NO/c1-8(2)6-10(3)9-4-5-11-7-9/h8-9H,4-7H2,1-3H3/t9-/m1/s1. The van der Waals surface area contributed by atoms with Crippen LogP contribution in [0.3, 0.4) is 0 Å². The largest absolute Gasteiger partial charge is 0.380 e. The quantitative estimate of drug-likeness (QED) is 0.613. The molecular weight excluding hydrogens is 138 g/mol. The van der Waals surface area contributed by atoms with E-state index in [4.69, 9.17) is 4.74 Å². The monoisotopic (exact) mass is 157 g/mol. The maximum atomic E-state index is 5.32. The molecular formula is C9H19NO. The van der Waals surface area contributed by atoms with Crippen molar-refractivity contribution in [1.82, 2.24) is 4.90 Å². The zero-order valence-corrected chi connectivity index (χ0v) is 7.84. The molecule has 0 aromatic rings. The highest BCUT2D eigenvalue weighted by Gasteiger charge is 2.20. The molecule has 2 heteroatoms. The molecule has 1 aliphatic heterocycles. The lowest BCUT2D eigenvalue weighted by atomic mass is 10.1. The van der Waals surface area contributed by atoms with Crippen LogP contribution in [-0.2, 0) is 4.74 Å². The summed E-state index contributed by atoms with van der Waals surface area (Å²) < 4.78 is 5.32. The van der Waals surface area contributed by atoms with E-state index >= 15 is 0 Å². The summed E-state index contributed by atoms with van der Waals surface area (Å²) in [6.07, 6.45) is 1.21. The van der Waals surface area contributed by atoms with Gasteiger partial charge in [-0.05, 0) is 19.4 Å². The lowest BCUT2D eigenvalue weighted by Crippen LogP contribution is -2.34. The van der Waals surface area contributed by atoms with Crippen molar-refractivity contribution in [3.63, 3.8) is 0 Å². The number of likely N-dealkylation sites (N-methyl/N-ethyl adjacent to an activating group) is 1. The molecule has 1 fully saturated rings. The predicted octanol–water partition coefficient (Wildman–Crippen LogP) is 1.36. The summed E-state index contributed by atoms with van der Waals surface area (Å²) in [5.74, 6) is 0.764. The molecule has 0 spiro atoms. The summed E-state index contributed by atoms with van der Waals surface area (Å²) in [7, 11) is 2.19. The lowest BCUT2D eigenvalue weighted by Gasteiger charge is -2.24. The number of hydrogen-bond acceptors (Lipinski definition) is 2. The van der Waals surface area contributed by atoms with Crippen molar-refractivity contribution in [1.29, 1.82) is 0 Å². The first-order chi connectivity index (χ1) is 5.20. The van der Waals surface area contributed by atoms with Crippen molar-refractivity contribution < 1.29 is 4.74 Å². The molecule has 1 saturated heterocycles. The second-order valence-corrected chi connectivity index (χ2v) is 3.85. The van der Waals surface area contributed by atoms with Crippen molar-refractivity contribution in [2.75, 3.05) is 26.8 Å². The minimum absolute atomic E-state index is 0.678. The van der Waals surface area contributed by atoms with Crippen molar-refractivity contribution in [3.05, 3.63) is 0 Å². The van der Waals surface area contributed by atoms with E-state index in [0.717, 1.165) is 19.1 Å². The molecule has 0 radical (unpaired) electrons. The SMILES string of the molecule is CC(C)CN(C)[C@@H]1CCOC1. The van der Waals surface area contributed by atoms with Crippen LogP contribution in [0, 0.1) is 5.92 Å². The normalized spacial score (nSPS) is 25.4. The third-order valence-electron chi connectivity index (χ3n) is 2.18. The average molecular weight is 157 g/mol. The Balaban J connectivity index is 2.22. The fraction of sp³-hybridized carbons (Fsp3) is 1.00. The minimum Gasteiger partial charge on any atom is -0.380 e. The van der Waals surface area contributed by atoms with E-state index in [-0.39, 0.29) is 0 Å². The molecule has 2 nitrogen and oxygen atoms in total. The Morgan fingerprint density at radius 1 is 1.55 bits per heavy atom. The van der Waals surface area contributed by atoms with Gasteiger partial charge in [-0.2, -0.15) is 0 Å². The first-order valence-electron chi connectivity index (χ1n) is 4.48. The maximum Gasteiger partial charge on any atom is 0.0622 e. The van der Waals surface area contributed by atoms with Gasteiger partial charge >= 0.3 is 0 Å². The molecule has 0 amide bonds. The molecule has 1 atom stereocenters. The van der Waals surface area contributed by atoms with Crippen LogP contribution in [0.4, 0.5) is 0 Å². The molecule has 1 rings (SSSR count). The van der Waals surface area contributed by atoms with Crippen LogP contribution in [0.15, 0.2) is 0 Å². The van der Waals surface area contributed by atoms with Crippen LogP contribution in [0.1, 0.15) is 20.3 Å². The molecule has 0 aliphatic carbocycles. The van der Waals surface area contributed by atoms with E-state index in [1.165, 1.54) is 13.0 Å². The van der Waals surface area contributed by atoms with Gasteiger partial charge in [-0.3, -0.25) is 0 Å². The summed E-state index contributed by atoms with van der Waals surface area (Å²) in [6, 6.07) is 0.678. The van der Waals surface area contributed by atoms with Gasteiger partial charge in [0.05, 0.1) is 6.61 Å². The third-order valence-corrected chi connectivity index (χ3v) is 2.18. The predicted molar refractivity (Wildman–Crippen MR) is 46.7 cm³/mol. The Morgan fingerprint density at radius 2 is 2.27 bits per heavy atom.